The number of hydrogen-bond donors (Lipinski definition) is 0. The molecule has 0 bridgehead atoms. The van der Waals surface area contributed by atoms with Gasteiger partial charge in [-0.1, -0.05) is 17.2 Å². The number of amides is 1. The van der Waals surface area contributed by atoms with Crippen LogP contribution in [0.4, 0.5) is 0 Å². The standard InChI is InChI=1S/C19H23N5O3/c1-5-14-17(12(3)26-22-14)19(25)24-8-6-7-15(24)18-13(10-23(4)20-18)16-9-11(2)21-27-16/h9-10,15H,5-8H2,1-4H3/t15-/m1/s1. The molecule has 1 saturated heterocycles. The minimum absolute atomic E-state index is 0.0431. The Labute approximate surface area is 157 Å². The van der Waals surface area contributed by atoms with Crippen molar-refractivity contribution >= 4 is 5.91 Å². The summed E-state index contributed by atoms with van der Waals surface area (Å²) in [6, 6.07) is 1.78. The van der Waals surface area contributed by atoms with Crippen LogP contribution in [0.3, 0.4) is 0 Å². The first kappa shape index (κ1) is 17.5. The van der Waals surface area contributed by atoms with Gasteiger partial charge in [-0.05, 0) is 33.1 Å². The summed E-state index contributed by atoms with van der Waals surface area (Å²) in [6.45, 7) is 6.32. The lowest BCUT2D eigenvalue weighted by atomic mass is 10.0. The third-order valence-electron chi connectivity index (χ3n) is 5.06. The van der Waals surface area contributed by atoms with Crippen LogP contribution in [-0.2, 0) is 13.5 Å². The Hall–Kier alpha value is -2.90. The first-order valence-corrected chi connectivity index (χ1v) is 9.23. The predicted octanol–water partition coefficient (Wildman–Crippen LogP) is 3.22. The summed E-state index contributed by atoms with van der Waals surface area (Å²) in [5.41, 5.74) is 3.81. The minimum atomic E-state index is -0.113. The van der Waals surface area contributed by atoms with Gasteiger partial charge in [-0.2, -0.15) is 5.10 Å². The van der Waals surface area contributed by atoms with Gasteiger partial charge >= 0.3 is 0 Å². The predicted molar refractivity (Wildman–Crippen MR) is 97.1 cm³/mol. The molecule has 0 aromatic carbocycles. The van der Waals surface area contributed by atoms with E-state index in [1.54, 1.807) is 11.6 Å². The highest BCUT2D eigenvalue weighted by Crippen LogP contribution is 2.38. The van der Waals surface area contributed by atoms with E-state index in [-0.39, 0.29) is 11.9 Å². The molecule has 0 radical (unpaired) electrons. The third kappa shape index (κ3) is 2.94. The van der Waals surface area contributed by atoms with E-state index in [4.69, 9.17) is 9.05 Å². The van der Waals surface area contributed by atoms with Crippen molar-refractivity contribution in [2.24, 2.45) is 7.05 Å². The van der Waals surface area contributed by atoms with Crippen molar-refractivity contribution in [3.05, 3.63) is 40.7 Å². The van der Waals surface area contributed by atoms with E-state index in [1.807, 2.05) is 38.1 Å². The van der Waals surface area contributed by atoms with Crippen molar-refractivity contribution in [2.75, 3.05) is 6.54 Å². The molecule has 3 aromatic heterocycles. The van der Waals surface area contributed by atoms with E-state index >= 15 is 0 Å². The molecular formula is C19H23N5O3. The Bertz CT molecular complexity index is 984. The van der Waals surface area contributed by atoms with Crippen LogP contribution < -0.4 is 0 Å². The number of likely N-dealkylation sites (tertiary alicyclic amines) is 1. The van der Waals surface area contributed by atoms with Gasteiger partial charge in [0.25, 0.3) is 5.91 Å². The van der Waals surface area contributed by atoms with Gasteiger partial charge in [0.05, 0.1) is 28.7 Å². The molecule has 1 atom stereocenters. The molecule has 4 rings (SSSR count). The summed E-state index contributed by atoms with van der Waals surface area (Å²) in [7, 11) is 1.87. The molecule has 1 aliphatic rings. The number of aromatic nitrogens is 4. The van der Waals surface area contributed by atoms with Crippen molar-refractivity contribution in [2.45, 2.75) is 46.1 Å². The Morgan fingerprint density at radius 1 is 1.30 bits per heavy atom. The number of carbonyl (C=O) groups is 1. The summed E-state index contributed by atoms with van der Waals surface area (Å²) < 4.78 is 12.5. The molecule has 8 heteroatoms. The van der Waals surface area contributed by atoms with Crippen LogP contribution >= 0.6 is 0 Å². The van der Waals surface area contributed by atoms with Gasteiger partial charge in [-0.25, -0.2) is 0 Å². The van der Waals surface area contributed by atoms with E-state index in [1.165, 1.54) is 0 Å². The monoisotopic (exact) mass is 369 g/mol. The maximum absolute atomic E-state index is 13.3. The molecule has 1 fully saturated rings. The van der Waals surface area contributed by atoms with Crippen molar-refractivity contribution in [3.63, 3.8) is 0 Å². The number of carbonyl (C=O) groups excluding carboxylic acids is 1. The zero-order valence-corrected chi connectivity index (χ0v) is 16.0. The van der Waals surface area contributed by atoms with Crippen molar-refractivity contribution in [3.8, 4) is 11.3 Å². The normalized spacial score (nSPS) is 17.0. The zero-order valence-electron chi connectivity index (χ0n) is 16.0. The highest BCUT2D eigenvalue weighted by molar-refractivity contribution is 5.96. The largest absolute Gasteiger partial charge is 0.361 e. The van der Waals surface area contributed by atoms with Crippen LogP contribution in [0.5, 0.6) is 0 Å². The van der Waals surface area contributed by atoms with Gasteiger partial charge in [0.1, 0.15) is 11.3 Å². The molecule has 1 amide bonds. The Morgan fingerprint density at radius 2 is 2.11 bits per heavy atom. The van der Waals surface area contributed by atoms with Crippen molar-refractivity contribution in [1.29, 1.82) is 0 Å². The third-order valence-corrected chi connectivity index (χ3v) is 5.06. The molecule has 1 aliphatic heterocycles. The number of nitrogens with zero attached hydrogens (tertiary/aromatic N) is 5. The van der Waals surface area contributed by atoms with Gasteiger partial charge in [-0.3, -0.25) is 9.48 Å². The molecule has 0 saturated carbocycles. The average molecular weight is 369 g/mol. The molecule has 142 valence electrons. The van der Waals surface area contributed by atoms with Crippen molar-refractivity contribution < 1.29 is 13.8 Å². The lowest BCUT2D eigenvalue weighted by Gasteiger charge is -2.24. The molecule has 4 heterocycles. The first-order valence-electron chi connectivity index (χ1n) is 9.23. The van der Waals surface area contributed by atoms with E-state index in [0.717, 1.165) is 29.8 Å². The van der Waals surface area contributed by atoms with Gasteiger partial charge in [0.15, 0.2) is 5.76 Å². The summed E-state index contributed by atoms with van der Waals surface area (Å²) in [5, 5.41) is 12.7. The average Bonchev–Trinajstić information content (AvgIpc) is 3.40. The van der Waals surface area contributed by atoms with Crippen molar-refractivity contribution in [1.82, 2.24) is 25.0 Å². The number of hydrogen-bond acceptors (Lipinski definition) is 6. The lowest BCUT2D eigenvalue weighted by molar-refractivity contribution is 0.0730. The number of rotatable bonds is 4. The SMILES string of the molecule is CCc1noc(C)c1C(=O)N1CCC[C@@H]1c1nn(C)cc1-c1cc(C)no1. The second-order valence-electron chi connectivity index (χ2n) is 7.00. The fraction of sp³-hybridized carbons (Fsp3) is 0.474. The Morgan fingerprint density at radius 3 is 2.81 bits per heavy atom. The molecule has 0 aliphatic carbocycles. The van der Waals surface area contributed by atoms with Crippen LogP contribution in [-0.4, -0.2) is 37.4 Å². The van der Waals surface area contributed by atoms with Crippen LogP contribution in [0.2, 0.25) is 0 Å². The molecule has 0 spiro atoms. The molecule has 0 N–H and O–H groups in total. The number of aryl methyl sites for hydroxylation is 4. The molecule has 3 aromatic rings. The minimum Gasteiger partial charge on any atom is -0.361 e. The summed E-state index contributed by atoms with van der Waals surface area (Å²) in [6.07, 6.45) is 4.35. The maximum atomic E-state index is 13.3. The fourth-order valence-corrected chi connectivity index (χ4v) is 3.80. The zero-order chi connectivity index (χ0) is 19.1. The molecule has 27 heavy (non-hydrogen) atoms. The van der Waals surface area contributed by atoms with E-state index in [2.05, 4.69) is 15.4 Å². The van der Waals surface area contributed by atoms with Gasteiger partial charge in [0, 0.05) is 25.9 Å². The van der Waals surface area contributed by atoms with E-state index < -0.39 is 0 Å². The van der Waals surface area contributed by atoms with Gasteiger partial charge in [-0.15, -0.1) is 0 Å². The van der Waals surface area contributed by atoms with Crippen LogP contribution in [0.1, 0.15) is 59.0 Å². The summed E-state index contributed by atoms with van der Waals surface area (Å²) >= 11 is 0. The highest BCUT2D eigenvalue weighted by Gasteiger charge is 2.37. The molecule has 8 nitrogen and oxygen atoms in total. The second-order valence-corrected chi connectivity index (χ2v) is 7.00. The van der Waals surface area contributed by atoms with Crippen LogP contribution in [0.15, 0.2) is 21.3 Å². The van der Waals surface area contributed by atoms with E-state index in [0.29, 0.717) is 35.7 Å². The first-order chi connectivity index (χ1) is 13.0. The Kier molecular flexibility index (Phi) is 4.33. The topological polar surface area (TPSA) is 90.2 Å². The van der Waals surface area contributed by atoms with Gasteiger partial charge in [0.2, 0.25) is 0 Å². The van der Waals surface area contributed by atoms with Crippen LogP contribution in [0.25, 0.3) is 11.3 Å². The molecular weight excluding hydrogens is 346 g/mol. The quantitative estimate of drug-likeness (QED) is 0.701. The fourth-order valence-electron chi connectivity index (χ4n) is 3.80. The smallest absolute Gasteiger partial charge is 0.259 e. The summed E-state index contributed by atoms with van der Waals surface area (Å²) in [4.78, 5) is 15.2. The van der Waals surface area contributed by atoms with Crippen LogP contribution in [0, 0.1) is 13.8 Å². The lowest BCUT2D eigenvalue weighted by Crippen LogP contribution is -2.32. The Balaban J connectivity index is 1.72. The molecule has 0 unspecified atom stereocenters. The van der Waals surface area contributed by atoms with Gasteiger partial charge < -0.3 is 13.9 Å². The maximum Gasteiger partial charge on any atom is 0.259 e. The summed E-state index contributed by atoms with van der Waals surface area (Å²) in [5.74, 6) is 1.19. The second kappa shape index (κ2) is 6.68. The highest BCUT2D eigenvalue weighted by atomic mass is 16.5. The van der Waals surface area contributed by atoms with E-state index in [9.17, 15) is 4.79 Å².